The molecule has 2 aliphatic rings. The third-order valence-corrected chi connectivity index (χ3v) is 6.22. The highest BCUT2D eigenvalue weighted by atomic mass is 127. The maximum Gasteiger partial charge on any atom is 0.254 e. The van der Waals surface area contributed by atoms with Gasteiger partial charge in [-0.2, -0.15) is 0 Å². The number of halogens is 1. The molecule has 2 atom stereocenters. The van der Waals surface area contributed by atoms with Crippen LogP contribution in [0.3, 0.4) is 0 Å². The van der Waals surface area contributed by atoms with Gasteiger partial charge in [0.25, 0.3) is 5.91 Å². The molecule has 34 heavy (non-hydrogen) atoms. The van der Waals surface area contributed by atoms with Crippen LogP contribution >= 0.6 is 24.0 Å². The van der Waals surface area contributed by atoms with E-state index in [-0.39, 0.29) is 42.1 Å². The summed E-state index contributed by atoms with van der Waals surface area (Å²) in [4.78, 5) is 21.5. The van der Waals surface area contributed by atoms with Crippen molar-refractivity contribution in [1.29, 1.82) is 0 Å². The van der Waals surface area contributed by atoms with Gasteiger partial charge in [-0.15, -0.1) is 24.0 Å². The van der Waals surface area contributed by atoms with E-state index in [1.165, 1.54) is 11.1 Å². The summed E-state index contributed by atoms with van der Waals surface area (Å²) < 4.78 is 5.74. The summed E-state index contributed by atoms with van der Waals surface area (Å²) in [6, 6.07) is 18.4. The fourth-order valence-corrected chi connectivity index (χ4v) is 4.58. The second-order valence-electron chi connectivity index (χ2n) is 8.86. The molecule has 2 unspecified atom stereocenters. The smallest absolute Gasteiger partial charge is 0.254 e. The monoisotopic (exact) mass is 574 g/mol. The summed E-state index contributed by atoms with van der Waals surface area (Å²) >= 11 is 0. The van der Waals surface area contributed by atoms with Crippen LogP contribution in [0, 0.1) is 0 Å². The number of hydrogen-bond acceptors (Lipinski definition) is 3. The summed E-state index contributed by atoms with van der Waals surface area (Å²) in [5.41, 5.74) is 4.54. The van der Waals surface area contributed by atoms with Crippen LogP contribution in [0.4, 0.5) is 0 Å². The number of carbonyl (C=O) groups excluding carboxylic acids is 1. The Kier molecular flexibility index (Phi) is 9.53. The molecule has 182 valence electrons. The first-order valence-corrected chi connectivity index (χ1v) is 11.8. The van der Waals surface area contributed by atoms with Crippen LogP contribution in [0.1, 0.15) is 41.8 Å². The molecule has 0 spiro atoms. The number of hydrogen-bond donors (Lipinski definition) is 1. The Morgan fingerprint density at radius 3 is 2.29 bits per heavy atom. The zero-order valence-corrected chi connectivity index (χ0v) is 22.6. The van der Waals surface area contributed by atoms with Crippen molar-refractivity contribution in [3.05, 3.63) is 77.4 Å². The van der Waals surface area contributed by atoms with Gasteiger partial charge in [0.15, 0.2) is 5.96 Å². The van der Waals surface area contributed by atoms with Crippen LogP contribution in [0.2, 0.25) is 0 Å². The molecule has 0 saturated carbocycles. The van der Waals surface area contributed by atoms with Crippen molar-refractivity contribution >= 4 is 41.4 Å². The third-order valence-electron chi connectivity index (χ3n) is 6.22. The number of benzene rings is 2. The van der Waals surface area contributed by atoms with Gasteiger partial charge in [0.1, 0.15) is 0 Å². The van der Waals surface area contributed by atoms with Crippen LogP contribution < -0.4 is 5.32 Å². The summed E-state index contributed by atoms with van der Waals surface area (Å²) in [5, 5.41) is 3.47. The average Bonchev–Trinajstić information content (AvgIpc) is 2.85. The highest BCUT2D eigenvalue weighted by molar-refractivity contribution is 14.0. The van der Waals surface area contributed by atoms with E-state index < -0.39 is 0 Å². The Bertz CT molecular complexity index is 997. The van der Waals surface area contributed by atoms with Gasteiger partial charge in [0.05, 0.1) is 12.2 Å². The van der Waals surface area contributed by atoms with E-state index in [4.69, 9.17) is 4.74 Å². The molecule has 7 heteroatoms. The maximum absolute atomic E-state index is 12.9. The van der Waals surface area contributed by atoms with E-state index in [0.29, 0.717) is 19.6 Å². The topological polar surface area (TPSA) is 57.2 Å². The minimum atomic E-state index is 0. The van der Waals surface area contributed by atoms with E-state index in [1.54, 1.807) is 0 Å². The third kappa shape index (κ3) is 6.60. The number of amides is 1. The molecule has 2 aliphatic heterocycles. The predicted octanol–water partition coefficient (Wildman–Crippen LogP) is 4.42. The molecule has 0 aliphatic carbocycles. The fourth-order valence-electron chi connectivity index (χ4n) is 4.58. The minimum Gasteiger partial charge on any atom is -0.372 e. The second kappa shape index (κ2) is 12.4. The van der Waals surface area contributed by atoms with Gasteiger partial charge in [0, 0.05) is 45.3 Å². The number of rotatable bonds is 4. The van der Waals surface area contributed by atoms with E-state index in [9.17, 15) is 4.79 Å². The van der Waals surface area contributed by atoms with E-state index in [2.05, 4.69) is 51.6 Å². The van der Waals surface area contributed by atoms with Crippen LogP contribution in [0.5, 0.6) is 0 Å². The zero-order valence-electron chi connectivity index (χ0n) is 20.2. The summed E-state index contributed by atoms with van der Waals surface area (Å²) in [7, 11) is 1.82. The summed E-state index contributed by atoms with van der Waals surface area (Å²) in [5.74, 6) is 0.969. The standard InChI is InChI=1S/C27H34N4O2.HI/c1-20-18-31(19-21(2)33-20)26(32)25-11-9-22(10-12-25)17-29-27(28-3)30-15-13-24(14-16-30)23-7-5-4-6-8-23;/h4-13,20-21H,14-19H2,1-3H3,(H,28,29);1H. The first kappa shape index (κ1) is 26.2. The van der Waals surface area contributed by atoms with Crippen molar-refractivity contribution < 1.29 is 9.53 Å². The van der Waals surface area contributed by atoms with Gasteiger partial charge in [-0.25, -0.2) is 0 Å². The van der Waals surface area contributed by atoms with Crippen LogP contribution in [-0.2, 0) is 11.3 Å². The van der Waals surface area contributed by atoms with Crippen molar-refractivity contribution in [2.45, 2.75) is 39.0 Å². The SMILES string of the molecule is CN=C(NCc1ccc(C(=O)N2CC(C)OC(C)C2)cc1)N1CC=C(c2ccccc2)CC1.I. The lowest BCUT2D eigenvalue weighted by Crippen LogP contribution is -2.48. The molecule has 0 bridgehead atoms. The Morgan fingerprint density at radius 1 is 1.03 bits per heavy atom. The number of aliphatic imine (C=N–C) groups is 1. The van der Waals surface area contributed by atoms with E-state index >= 15 is 0 Å². The van der Waals surface area contributed by atoms with Gasteiger partial charge < -0.3 is 19.9 Å². The molecular formula is C27H35IN4O2. The zero-order chi connectivity index (χ0) is 23.2. The molecule has 1 fully saturated rings. The number of carbonyl (C=O) groups is 1. The number of guanidine groups is 1. The molecule has 2 heterocycles. The van der Waals surface area contributed by atoms with Crippen LogP contribution in [0.25, 0.3) is 5.57 Å². The van der Waals surface area contributed by atoms with Crippen molar-refractivity contribution in [3.63, 3.8) is 0 Å². The molecule has 2 aromatic rings. The highest BCUT2D eigenvalue weighted by Crippen LogP contribution is 2.22. The first-order chi connectivity index (χ1) is 16.0. The number of ether oxygens (including phenoxy) is 1. The average molecular weight is 575 g/mol. The second-order valence-corrected chi connectivity index (χ2v) is 8.86. The molecule has 4 rings (SSSR count). The van der Waals surface area contributed by atoms with Crippen LogP contribution in [-0.4, -0.2) is 67.1 Å². The molecule has 1 N–H and O–H groups in total. The molecule has 1 amide bonds. The maximum atomic E-state index is 12.9. The lowest BCUT2D eigenvalue weighted by atomic mass is 10.00. The fraction of sp³-hybridized carbons (Fsp3) is 0.407. The molecule has 0 aromatic heterocycles. The van der Waals surface area contributed by atoms with Gasteiger partial charge in [-0.05, 0) is 49.1 Å². The summed E-state index contributed by atoms with van der Waals surface area (Å²) in [6.07, 6.45) is 3.43. The Hall–Kier alpha value is -2.39. The largest absolute Gasteiger partial charge is 0.372 e. The lowest BCUT2D eigenvalue weighted by Gasteiger charge is -2.35. The first-order valence-electron chi connectivity index (χ1n) is 11.8. The highest BCUT2D eigenvalue weighted by Gasteiger charge is 2.26. The van der Waals surface area contributed by atoms with Crippen molar-refractivity contribution in [2.75, 3.05) is 33.2 Å². The van der Waals surface area contributed by atoms with E-state index in [1.807, 2.05) is 50.1 Å². The molecule has 6 nitrogen and oxygen atoms in total. The number of nitrogens with one attached hydrogen (secondary N) is 1. The Balaban J connectivity index is 0.00000324. The van der Waals surface area contributed by atoms with E-state index in [0.717, 1.165) is 36.6 Å². The number of morpholine rings is 1. The number of nitrogens with zero attached hydrogens (tertiary/aromatic N) is 3. The minimum absolute atomic E-state index is 0. The van der Waals surface area contributed by atoms with Gasteiger partial charge >= 0.3 is 0 Å². The Morgan fingerprint density at radius 2 is 1.71 bits per heavy atom. The van der Waals surface area contributed by atoms with Crippen molar-refractivity contribution in [1.82, 2.24) is 15.1 Å². The molecule has 0 radical (unpaired) electrons. The quantitative estimate of drug-likeness (QED) is 0.334. The summed E-state index contributed by atoms with van der Waals surface area (Å²) in [6.45, 7) is 7.74. The lowest BCUT2D eigenvalue weighted by molar-refractivity contribution is -0.0586. The molecule has 1 saturated heterocycles. The Labute approximate surface area is 220 Å². The van der Waals surface area contributed by atoms with Gasteiger partial charge in [-0.3, -0.25) is 9.79 Å². The van der Waals surface area contributed by atoms with Crippen molar-refractivity contribution in [3.8, 4) is 0 Å². The van der Waals surface area contributed by atoms with Gasteiger partial charge in [0.2, 0.25) is 0 Å². The van der Waals surface area contributed by atoms with Gasteiger partial charge in [-0.1, -0.05) is 48.5 Å². The normalized spacial score (nSPS) is 20.9. The van der Waals surface area contributed by atoms with Crippen molar-refractivity contribution in [2.24, 2.45) is 4.99 Å². The predicted molar refractivity (Wildman–Crippen MR) is 149 cm³/mol. The molecule has 2 aromatic carbocycles. The van der Waals surface area contributed by atoms with Crippen LogP contribution in [0.15, 0.2) is 65.7 Å². The molecular weight excluding hydrogens is 539 g/mol.